The van der Waals surface area contributed by atoms with Crippen molar-refractivity contribution in [2.45, 2.75) is 50.4 Å². The molecule has 3 rings (SSSR count). The number of halogens is 3. The Morgan fingerprint density at radius 2 is 2.13 bits per heavy atom. The average Bonchev–Trinajstić information content (AvgIpc) is 3.21. The van der Waals surface area contributed by atoms with Crippen LogP contribution in [0.15, 0.2) is 18.2 Å². The zero-order valence-corrected chi connectivity index (χ0v) is 12.6. The number of rotatable bonds is 4. The number of alkyl halides is 3. The van der Waals surface area contributed by atoms with Gasteiger partial charge in [-0.15, -0.1) is 0 Å². The molecular weight excluding hydrogens is 309 g/mol. The van der Waals surface area contributed by atoms with Gasteiger partial charge < -0.3 is 5.11 Å². The summed E-state index contributed by atoms with van der Waals surface area (Å²) in [6, 6.07) is 3.99. The second-order valence-corrected chi connectivity index (χ2v) is 6.61. The summed E-state index contributed by atoms with van der Waals surface area (Å²) in [7, 11) is 0. The number of hydrogen-bond donors (Lipinski definition) is 1. The molecule has 1 N–H and O–H groups in total. The summed E-state index contributed by atoms with van der Waals surface area (Å²) in [4.78, 5) is 16.8. The number of piperidine rings is 1. The Labute approximate surface area is 132 Å². The molecule has 2 heterocycles. The number of likely N-dealkylation sites (tertiary alicyclic amines) is 1. The van der Waals surface area contributed by atoms with Crippen molar-refractivity contribution >= 4 is 5.97 Å². The average molecular weight is 328 g/mol. The smallest absolute Gasteiger partial charge is 0.433 e. The minimum absolute atomic E-state index is 0.0196. The number of carboxylic acid groups (broad SMARTS) is 1. The quantitative estimate of drug-likeness (QED) is 0.921. The van der Waals surface area contributed by atoms with E-state index in [0.717, 1.165) is 38.3 Å². The van der Waals surface area contributed by atoms with Crippen molar-refractivity contribution < 1.29 is 23.1 Å². The van der Waals surface area contributed by atoms with E-state index in [4.69, 9.17) is 5.11 Å². The summed E-state index contributed by atoms with van der Waals surface area (Å²) in [6.07, 6.45) is -0.686. The summed E-state index contributed by atoms with van der Waals surface area (Å²) >= 11 is 0. The van der Waals surface area contributed by atoms with Crippen molar-refractivity contribution in [3.8, 4) is 0 Å². The lowest BCUT2D eigenvalue weighted by molar-refractivity contribution is -0.141. The van der Waals surface area contributed by atoms with E-state index in [-0.39, 0.29) is 17.9 Å². The third-order valence-corrected chi connectivity index (χ3v) is 4.89. The van der Waals surface area contributed by atoms with Gasteiger partial charge in [-0.3, -0.25) is 9.69 Å². The minimum Gasteiger partial charge on any atom is -0.481 e. The molecular formula is C16H19F3N2O2. The molecule has 1 saturated heterocycles. The summed E-state index contributed by atoms with van der Waals surface area (Å²) in [5, 5.41) is 8.93. The SMILES string of the molecule is O=C(O)CC1CCN(Cc2cccc(C(F)(F)F)n2)C2(CC2)C1. The van der Waals surface area contributed by atoms with E-state index in [2.05, 4.69) is 9.88 Å². The van der Waals surface area contributed by atoms with Gasteiger partial charge in [0.2, 0.25) is 0 Å². The van der Waals surface area contributed by atoms with Crippen molar-refractivity contribution in [2.75, 3.05) is 6.54 Å². The van der Waals surface area contributed by atoms with Gasteiger partial charge in [0.15, 0.2) is 0 Å². The molecule has 0 amide bonds. The first-order chi connectivity index (χ1) is 10.8. The highest BCUT2D eigenvalue weighted by molar-refractivity contribution is 5.67. The number of nitrogens with zero attached hydrogens (tertiary/aromatic N) is 2. The van der Waals surface area contributed by atoms with Gasteiger partial charge >= 0.3 is 12.1 Å². The molecule has 1 aliphatic carbocycles. The van der Waals surface area contributed by atoms with E-state index in [1.807, 2.05) is 0 Å². The van der Waals surface area contributed by atoms with Crippen LogP contribution in [-0.2, 0) is 17.5 Å². The van der Waals surface area contributed by atoms with Crippen LogP contribution in [-0.4, -0.2) is 33.0 Å². The van der Waals surface area contributed by atoms with Crippen LogP contribution in [0, 0.1) is 5.92 Å². The summed E-state index contributed by atoms with van der Waals surface area (Å²) in [5.41, 5.74) is -0.461. The predicted octanol–water partition coefficient (Wildman–Crippen LogP) is 3.32. The van der Waals surface area contributed by atoms with Crippen LogP contribution in [0.1, 0.15) is 43.5 Å². The molecule has 7 heteroatoms. The Bertz CT molecular complexity index is 599. The fourth-order valence-electron chi connectivity index (χ4n) is 3.60. The second kappa shape index (κ2) is 5.78. The first-order valence-electron chi connectivity index (χ1n) is 7.78. The Balaban J connectivity index is 1.68. The highest BCUT2D eigenvalue weighted by atomic mass is 19.4. The highest BCUT2D eigenvalue weighted by Gasteiger charge is 2.51. The van der Waals surface area contributed by atoms with E-state index in [1.54, 1.807) is 6.07 Å². The van der Waals surface area contributed by atoms with Crippen LogP contribution in [0.3, 0.4) is 0 Å². The number of aliphatic carboxylic acids is 1. The molecule has 126 valence electrons. The Morgan fingerprint density at radius 3 is 2.74 bits per heavy atom. The van der Waals surface area contributed by atoms with Crippen LogP contribution in [0.5, 0.6) is 0 Å². The van der Waals surface area contributed by atoms with Crippen molar-refractivity contribution in [1.82, 2.24) is 9.88 Å². The van der Waals surface area contributed by atoms with Crippen molar-refractivity contribution in [3.05, 3.63) is 29.6 Å². The molecule has 1 spiro atoms. The van der Waals surface area contributed by atoms with Gasteiger partial charge in [-0.25, -0.2) is 4.98 Å². The normalized spacial score (nSPS) is 23.9. The fourth-order valence-corrected chi connectivity index (χ4v) is 3.60. The highest BCUT2D eigenvalue weighted by Crippen LogP contribution is 2.51. The first-order valence-corrected chi connectivity index (χ1v) is 7.78. The van der Waals surface area contributed by atoms with Gasteiger partial charge in [0.1, 0.15) is 5.69 Å². The Hall–Kier alpha value is -1.63. The standard InChI is InChI=1S/C16H19F3N2O2/c17-16(18,19)13-3-1-2-12(20-13)10-21-7-4-11(8-14(22)23)9-15(21)5-6-15/h1-3,11H,4-10H2,(H,22,23). The van der Waals surface area contributed by atoms with Crippen LogP contribution < -0.4 is 0 Å². The molecule has 1 unspecified atom stereocenters. The maximum atomic E-state index is 12.8. The lowest BCUT2D eigenvalue weighted by atomic mass is 9.86. The van der Waals surface area contributed by atoms with E-state index in [0.29, 0.717) is 12.2 Å². The maximum absolute atomic E-state index is 12.8. The van der Waals surface area contributed by atoms with Crippen LogP contribution >= 0.6 is 0 Å². The minimum atomic E-state index is -4.43. The van der Waals surface area contributed by atoms with Crippen molar-refractivity contribution in [2.24, 2.45) is 5.92 Å². The van der Waals surface area contributed by atoms with Gasteiger partial charge in [0.05, 0.1) is 5.69 Å². The number of carboxylic acids is 1. The molecule has 0 aromatic carbocycles. The monoisotopic (exact) mass is 328 g/mol. The maximum Gasteiger partial charge on any atom is 0.433 e. The zero-order chi connectivity index (χ0) is 16.7. The molecule has 1 aromatic heterocycles. The second-order valence-electron chi connectivity index (χ2n) is 6.61. The van der Waals surface area contributed by atoms with E-state index < -0.39 is 17.8 Å². The lowest BCUT2D eigenvalue weighted by Crippen LogP contribution is -2.44. The lowest BCUT2D eigenvalue weighted by Gasteiger charge is -2.39. The van der Waals surface area contributed by atoms with Gasteiger partial charge in [-0.2, -0.15) is 13.2 Å². The number of carbonyl (C=O) groups is 1. The molecule has 23 heavy (non-hydrogen) atoms. The predicted molar refractivity (Wildman–Crippen MR) is 76.6 cm³/mol. The van der Waals surface area contributed by atoms with Crippen molar-refractivity contribution in [3.63, 3.8) is 0 Å². The molecule has 1 saturated carbocycles. The number of aromatic nitrogens is 1. The van der Waals surface area contributed by atoms with E-state index >= 15 is 0 Å². The van der Waals surface area contributed by atoms with Gasteiger partial charge in [0, 0.05) is 18.5 Å². The summed E-state index contributed by atoms with van der Waals surface area (Å²) in [6.45, 7) is 1.11. The topological polar surface area (TPSA) is 53.4 Å². The third kappa shape index (κ3) is 3.65. The summed E-state index contributed by atoms with van der Waals surface area (Å²) < 4.78 is 38.3. The van der Waals surface area contributed by atoms with Crippen LogP contribution in [0.4, 0.5) is 13.2 Å². The van der Waals surface area contributed by atoms with E-state index in [1.165, 1.54) is 6.07 Å². The summed E-state index contributed by atoms with van der Waals surface area (Å²) in [5.74, 6) is -0.612. The van der Waals surface area contributed by atoms with Gasteiger partial charge in [-0.05, 0) is 50.3 Å². The largest absolute Gasteiger partial charge is 0.481 e. The van der Waals surface area contributed by atoms with Crippen LogP contribution in [0.25, 0.3) is 0 Å². The van der Waals surface area contributed by atoms with Gasteiger partial charge in [0.25, 0.3) is 0 Å². The molecule has 0 radical (unpaired) electrons. The molecule has 1 aliphatic heterocycles. The number of hydrogen-bond acceptors (Lipinski definition) is 3. The number of pyridine rings is 1. The molecule has 4 nitrogen and oxygen atoms in total. The third-order valence-electron chi connectivity index (χ3n) is 4.89. The fraction of sp³-hybridized carbons (Fsp3) is 0.625. The van der Waals surface area contributed by atoms with Gasteiger partial charge in [-0.1, -0.05) is 6.07 Å². The molecule has 1 aromatic rings. The Morgan fingerprint density at radius 1 is 1.39 bits per heavy atom. The molecule has 1 atom stereocenters. The molecule has 0 bridgehead atoms. The van der Waals surface area contributed by atoms with E-state index in [9.17, 15) is 18.0 Å². The molecule has 2 fully saturated rings. The Kier molecular flexibility index (Phi) is 4.08. The zero-order valence-electron chi connectivity index (χ0n) is 12.6. The molecule has 2 aliphatic rings. The van der Waals surface area contributed by atoms with Crippen molar-refractivity contribution in [1.29, 1.82) is 0 Å². The first kappa shape index (κ1) is 16.2. The van der Waals surface area contributed by atoms with Crippen LogP contribution in [0.2, 0.25) is 0 Å².